The van der Waals surface area contributed by atoms with Crippen molar-refractivity contribution >= 4 is 12.3 Å². The fourth-order valence-corrected chi connectivity index (χ4v) is 3.62. The van der Waals surface area contributed by atoms with E-state index in [0.29, 0.717) is 26.1 Å². The molecule has 2 atom stereocenters. The van der Waals surface area contributed by atoms with Crippen molar-refractivity contribution in [3.63, 3.8) is 0 Å². The average Bonchev–Trinajstić information content (AvgIpc) is 3.07. The van der Waals surface area contributed by atoms with Gasteiger partial charge in [-0.2, -0.15) is 0 Å². The maximum atomic E-state index is 12.8. The zero-order chi connectivity index (χ0) is 19.2. The van der Waals surface area contributed by atoms with Crippen molar-refractivity contribution in [3.8, 4) is 0 Å². The van der Waals surface area contributed by atoms with Gasteiger partial charge in [0.05, 0.1) is 30.8 Å². The standard InChI is InChI=1S/C20H32N2O4/c1-5-25-18(24)20(10-7-11-22-15-21-12-17(20)22)9-6-8-16(13-23)14-26-19(2,3)4/h12-13,15-16H,5-11,14H2,1-4H3. The van der Waals surface area contributed by atoms with Gasteiger partial charge in [-0.25, -0.2) is 4.98 Å². The largest absolute Gasteiger partial charge is 0.465 e. The van der Waals surface area contributed by atoms with Gasteiger partial charge in [0.25, 0.3) is 0 Å². The molecule has 0 saturated heterocycles. The quantitative estimate of drug-likeness (QED) is 0.497. The number of rotatable bonds is 9. The Kier molecular flexibility index (Phi) is 6.98. The van der Waals surface area contributed by atoms with Crippen LogP contribution in [0.2, 0.25) is 0 Å². The Morgan fingerprint density at radius 1 is 1.46 bits per heavy atom. The van der Waals surface area contributed by atoms with E-state index < -0.39 is 5.41 Å². The number of aryl methyl sites for hydroxylation is 1. The highest BCUT2D eigenvalue weighted by molar-refractivity contribution is 5.82. The number of ether oxygens (including phenoxy) is 2. The summed E-state index contributed by atoms with van der Waals surface area (Å²) in [4.78, 5) is 28.5. The van der Waals surface area contributed by atoms with E-state index in [1.807, 2.05) is 27.7 Å². The summed E-state index contributed by atoms with van der Waals surface area (Å²) in [6, 6.07) is 0. The third kappa shape index (κ3) is 4.93. The maximum absolute atomic E-state index is 12.8. The van der Waals surface area contributed by atoms with E-state index in [1.165, 1.54) is 0 Å². The van der Waals surface area contributed by atoms with Gasteiger partial charge in [0.1, 0.15) is 11.7 Å². The van der Waals surface area contributed by atoms with Crippen LogP contribution in [0.1, 0.15) is 65.5 Å². The molecule has 6 heteroatoms. The van der Waals surface area contributed by atoms with E-state index in [1.54, 1.807) is 12.5 Å². The molecule has 1 aromatic heterocycles. The Hall–Kier alpha value is -1.69. The lowest BCUT2D eigenvalue weighted by Crippen LogP contribution is -2.42. The fourth-order valence-electron chi connectivity index (χ4n) is 3.62. The molecule has 26 heavy (non-hydrogen) atoms. The Balaban J connectivity index is 2.05. The third-order valence-corrected chi connectivity index (χ3v) is 4.97. The number of aldehydes is 1. The molecule has 0 N–H and O–H groups in total. The first-order valence-corrected chi connectivity index (χ1v) is 9.59. The van der Waals surface area contributed by atoms with Crippen molar-refractivity contribution in [2.75, 3.05) is 13.2 Å². The molecule has 6 nitrogen and oxygen atoms in total. The van der Waals surface area contributed by atoms with Crippen molar-refractivity contribution < 1.29 is 19.1 Å². The first-order valence-electron chi connectivity index (χ1n) is 9.59. The van der Waals surface area contributed by atoms with Crippen LogP contribution in [0.4, 0.5) is 0 Å². The first kappa shape index (κ1) is 20.6. The molecule has 0 bridgehead atoms. The molecular weight excluding hydrogens is 332 g/mol. The van der Waals surface area contributed by atoms with Crippen molar-refractivity contribution in [2.45, 2.75) is 77.4 Å². The first-order chi connectivity index (χ1) is 12.3. The lowest BCUT2D eigenvalue weighted by atomic mass is 9.73. The van der Waals surface area contributed by atoms with Gasteiger partial charge in [-0.15, -0.1) is 0 Å². The van der Waals surface area contributed by atoms with Crippen LogP contribution < -0.4 is 0 Å². The van der Waals surface area contributed by atoms with Crippen LogP contribution in [-0.4, -0.2) is 40.6 Å². The minimum atomic E-state index is -0.650. The summed E-state index contributed by atoms with van der Waals surface area (Å²) in [5, 5.41) is 0. The molecule has 0 spiro atoms. The summed E-state index contributed by atoms with van der Waals surface area (Å²) in [5.74, 6) is -0.322. The van der Waals surface area contributed by atoms with E-state index in [9.17, 15) is 9.59 Å². The molecule has 0 saturated carbocycles. The van der Waals surface area contributed by atoms with Crippen LogP contribution in [0, 0.1) is 5.92 Å². The SMILES string of the molecule is CCOC(=O)C1(CCCC(C=O)COC(C)(C)C)CCCn2cncc21. The van der Waals surface area contributed by atoms with Crippen LogP contribution in [0.3, 0.4) is 0 Å². The summed E-state index contributed by atoms with van der Waals surface area (Å²) in [7, 11) is 0. The maximum Gasteiger partial charge on any atom is 0.318 e. The summed E-state index contributed by atoms with van der Waals surface area (Å²) in [5.41, 5.74) is 0.0302. The number of carbonyl (C=O) groups excluding carboxylic acids is 2. The minimum absolute atomic E-state index is 0.151. The predicted octanol–water partition coefficient (Wildman–Crippen LogP) is 3.28. The number of hydrogen-bond acceptors (Lipinski definition) is 5. The summed E-state index contributed by atoms with van der Waals surface area (Å²) in [6.07, 6.45) is 8.36. The van der Waals surface area contributed by atoms with Crippen LogP contribution in [0.15, 0.2) is 12.5 Å². The molecule has 0 aromatic carbocycles. The molecule has 2 rings (SSSR count). The van der Waals surface area contributed by atoms with Gasteiger partial charge >= 0.3 is 5.97 Å². The van der Waals surface area contributed by atoms with E-state index in [0.717, 1.165) is 37.8 Å². The molecule has 146 valence electrons. The molecule has 1 aliphatic rings. The number of esters is 1. The number of hydrogen-bond donors (Lipinski definition) is 0. The molecule has 0 radical (unpaired) electrons. The van der Waals surface area contributed by atoms with E-state index in [-0.39, 0.29) is 17.5 Å². The normalized spacial score (nSPS) is 21.1. The second-order valence-electron chi connectivity index (χ2n) is 8.09. The second-order valence-corrected chi connectivity index (χ2v) is 8.09. The summed E-state index contributed by atoms with van der Waals surface area (Å²) < 4.78 is 13.2. The number of aromatic nitrogens is 2. The molecular formula is C20H32N2O4. The monoisotopic (exact) mass is 364 g/mol. The molecule has 2 unspecified atom stereocenters. The molecule has 0 aliphatic carbocycles. The van der Waals surface area contributed by atoms with Gasteiger partial charge in [-0.05, 0) is 53.4 Å². The third-order valence-electron chi connectivity index (χ3n) is 4.97. The Morgan fingerprint density at radius 3 is 2.88 bits per heavy atom. The molecule has 1 aromatic rings. The van der Waals surface area contributed by atoms with Crippen molar-refractivity contribution in [1.82, 2.24) is 9.55 Å². The van der Waals surface area contributed by atoms with Crippen molar-refractivity contribution in [2.24, 2.45) is 5.92 Å². The van der Waals surface area contributed by atoms with E-state index in [4.69, 9.17) is 9.47 Å². The van der Waals surface area contributed by atoms with Crippen LogP contribution in [-0.2, 0) is 31.0 Å². The predicted molar refractivity (Wildman–Crippen MR) is 98.9 cm³/mol. The van der Waals surface area contributed by atoms with Crippen molar-refractivity contribution in [3.05, 3.63) is 18.2 Å². The molecule has 0 amide bonds. The Labute approximate surface area is 156 Å². The van der Waals surface area contributed by atoms with Crippen molar-refractivity contribution in [1.29, 1.82) is 0 Å². The summed E-state index contributed by atoms with van der Waals surface area (Å²) in [6.45, 7) is 9.43. The highest BCUT2D eigenvalue weighted by Crippen LogP contribution is 2.39. The van der Waals surface area contributed by atoms with Gasteiger partial charge in [0.15, 0.2) is 0 Å². The molecule has 2 heterocycles. The highest BCUT2D eigenvalue weighted by atomic mass is 16.5. The topological polar surface area (TPSA) is 70.4 Å². The number of imidazole rings is 1. The summed E-state index contributed by atoms with van der Waals surface area (Å²) >= 11 is 0. The van der Waals surface area contributed by atoms with Gasteiger partial charge in [0.2, 0.25) is 0 Å². The second kappa shape index (κ2) is 8.80. The number of nitrogens with zero attached hydrogens (tertiary/aromatic N) is 2. The zero-order valence-electron chi connectivity index (χ0n) is 16.5. The van der Waals surface area contributed by atoms with Gasteiger partial charge < -0.3 is 18.8 Å². The van der Waals surface area contributed by atoms with Crippen LogP contribution in [0.5, 0.6) is 0 Å². The lowest BCUT2D eigenvalue weighted by molar-refractivity contribution is -0.151. The highest BCUT2D eigenvalue weighted by Gasteiger charge is 2.45. The molecule has 1 aliphatic heterocycles. The number of carbonyl (C=O) groups is 2. The average molecular weight is 364 g/mol. The van der Waals surface area contributed by atoms with Gasteiger partial charge in [-0.3, -0.25) is 4.79 Å². The van der Waals surface area contributed by atoms with E-state index in [2.05, 4.69) is 9.55 Å². The smallest absolute Gasteiger partial charge is 0.318 e. The molecule has 0 fully saturated rings. The number of fused-ring (bicyclic) bond motifs is 1. The fraction of sp³-hybridized carbons (Fsp3) is 0.750. The van der Waals surface area contributed by atoms with Crippen LogP contribution in [0.25, 0.3) is 0 Å². The van der Waals surface area contributed by atoms with Crippen LogP contribution >= 0.6 is 0 Å². The Morgan fingerprint density at radius 2 is 2.23 bits per heavy atom. The van der Waals surface area contributed by atoms with E-state index >= 15 is 0 Å². The lowest BCUT2D eigenvalue weighted by Gasteiger charge is -2.36. The van der Waals surface area contributed by atoms with Gasteiger partial charge in [-0.1, -0.05) is 6.42 Å². The Bertz CT molecular complexity index is 605. The van der Waals surface area contributed by atoms with Gasteiger partial charge in [0, 0.05) is 18.7 Å². The minimum Gasteiger partial charge on any atom is -0.465 e. The zero-order valence-corrected chi connectivity index (χ0v) is 16.5.